The van der Waals surface area contributed by atoms with Crippen LogP contribution >= 0.6 is 0 Å². The number of piperidine rings is 1. The van der Waals surface area contributed by atoms with Crippen molar-refractivity contribution in [3.63, 3.8) is 0 Å². The maximum Gasteiger partial charge on any atom is 0.0638 e. The lowest BCUT2D eigenvalue weighted by atomic mass is 9.92. The first kappa shape index (κ1) is 13.5. The monoisotopic (exact) mass is 223 g/mol. The highest BCUT2D eigenvalue weighted by Crippen LogP contribution is 2.22. The summed E-state index contributed by atoms with van der Waals surface area (Å²) in [5, 5.41) is 8.68. The molecule has 1 unspecified atom stereocenters. The quantitative estimate of drug-likeness (QED) is 0.713. The molecule has 16 heavy (non-hydrogen) atoms. The van der Waals surface area contributed by atoms with Crippen LogP contribution in [0, 0.1) is 17.2 Å². The SMILES string of the molecule is CC(CC#N)N1CCC(CCN(C)C)CC1. The fourth-order valence-electron chi connectivity index (χ4n) is 2.38. The molecule has 3 heteroatoms. The molecule has 0 spiro atoms. The number of likely N-dealkylation sites (tertiary alicyclic amines) is 1. The average Bonchev–Trinajstić information content (AvgIpc) is 2.27. The molecule has 0 N–H and O–H groups in total. The summed E-state index contributed by atoms with van der Waals surface area (Å²) in [6, 6.07) is 2.71. The van der Waals surface area contributed by atoms with Crippen molar-refractivity contribution >= 4 is 0 Å². The Bertz CT molecular complexity index is 224. The molecule has 0 aromatic carbocycles. The Morgan fingerprint density at radius 2 is 2.00 bits per heavy atom. The van der Waals surface area contributed by atoms with Crippen LogP contribution in [0.3, 0.4) is 0 Å². The summed E-state index contributed by atoms with van der Waals surface area (Å²) in [5.74, 6) is 0.896. The number of nitriles is 1. The first-order valence-corrected chi connectivity index (χ1v) is 6.39. The van der Waals surface area contributed by atoms with Crippen molar-refractivity contribution in [1.82, 2.24) is 9.80 Å². The Hall–Kier alpha value is -0.590. The number of hydrogen-bond acceptors (Lipinski definition) is 3. The van der Waals surface area contributed by atoms with E-state index in [-0.39, 0.29) is 0 Å². The third-order valence-electron chi connectivity index (χ3n) is 3.64. The molecule has 1 aliphatic heterocycles. The van der Waals surface area contributed by atoms with Crippen LogP contribution in [0.2, 0.25) is 0 Å². The lowest BCUT2D eigenvalue weighted by molar-refractivity contribution is 0.135. The van der Waals surface area contributed by atoms with E-state index in [1.165, 1.54) is 38.9 Å². The molecular formula is C13H25N3. The first-order chi connectivity index (χ1) is 7.63. The molecule has 0 aromatic rings. The second-order valence-electron chi connectivity index (χ2n) is 5.28. The molecule has 1 aliphatic rings. The zero-order valence-electron chi connectivity index (χ0n) is 10.9. The minimum absolute atomic E-state index is 0.444. The van der Waals surface area contributed by atoms with Crippen molar-refractivity contribution < 1.29 is 0 Å². The van der Waals surface area contributed by atoms with Crippen molar-refractivity contribution in [2.75, 3.05) is 33.7 Å². The molecular weight excluding hydrogens is 198 g/mol. The summed E-state index contributed by atoms with van der Waals surface area (Å²) in [6.45, 7) is 5.74. The van der Waals surface area contributed by atoms with Gasteiger partial charge < -0.3 is 4.90 Å². The zero-order chi connectivity index (χ0) is 12.0. The molecule has 0 saturated carbocycles. The van der Waals surface area contributed by atoms with E-state index in [0.29, 0.717) is 12.5 Å². The van der Waals surface area contributed by atoms with Gasteiger partial charge in [0.15, 0.2) is 0 Å². The van der Waals surface area contributed by atoms with Gasteiger partial charge in [0.1, 0.15) is 0 Å². The van der Waals surface area contributed by atoms with Crippen molar-refractivity contribution in [1.29, 1.82) is 5.26 Å². The standard InChI is InChI=1S/C13H25N3/c1-12(4-8-14)16-10-6-13(7-11-16)5-9-15(2)3/h12-13H,4-7,9-11H2,1-3H3. The summed E-state index contributed by atoms with van der Waals surface area (Å²) in [7, 11) is 4.29. The number of hydrogen-bond donors (Lipinski definition) is 0. The summed E-state index contributed by atoms with van der Waals surface area (Å²) < 4.78 is 0. The van der Waals surface area contributed by atoms with Gasteiger partial charge in [0.05, 0.1) is 12.5 Å². The molecule has 1 atom stereocenters. The van der Waals surface area contributed by atoms with E-state index >= 15 is 0 Å². The Morgan fingerprint density at radius 3 is 2.50 bits per heavy atom. The molecule has 0 aliphatic carbocycles. The number of rotatable bonds is 5. The highest BCUT2D eigenvalue weighted by Gasteiger charge is 2.22. The van der Waals surface area contributed by atoms with Gasteiger partial charge in [-0.1, -0.05) is 0 Å². The molecule has 1 saturated heterocycles. The highest BCUT2D eigenvalue weighted by atomic mass is 15.2. The molecule has 92 valence electrons. The van der Waals surface area contributed by atoms with Crippen LogP contribution in [-0.4, -0.2) is 49.6 Å². The van der Waals surface area contributed by atoms with E-state index in [0.717, 1.165) is 5.92 Å². The molecule has 0 amide bonds. The smallest absolute Gasteiger partial charge is 0.0638 e. The summed E-state index contributed by atoms with van der Waals surface area (Å²) in [6.07, 6.45) is 4.61. The fourth-order valence-corrected chi connectivity index (χ4v) is 2.38. The van der Waals surface area contributed by atoms with Gasteiger partial charge in [-0.25, -0.2) is 0 Å². The van der Waals surface area contributed by atoms with Gasteiger partial charge in [-0.05, 0) is 65.8 Å². The van der Waals surface area contributed by atoms with Crippen molar-refractivity contribution in [3.8, 4) is 6.07 Å². The minimum Gasteiger partial charge on any atom is -0.309 e. The second kappa shape index (κ2) is 6.88. The van der Waals surface area contributed by atoms with Gasteiger partial charge in [-0.2, -0.15) is 5.26 Å². The minimum atomic E-state index is 0.444. The predicted octanol–water partition coefficient (Wildman–Crippen LogP) is 1.95. The van der Waals surface area contributed by atoms with E-state index in [4.69, 9.17) is 5.26 Å². The van der Waals surface area contributed by atoms with Gasteiger partial charge in [0.2, 0.25) is 0 Å². The Balaban J connectivity index is 2.21. The maximum atomic E-state index is 8.68. The largest absolute Gasteiger partial charge is 0.309 e. The van der Waals surface area contributed by atoms with Crippen molar-refractivity contribution in [2.24, 2.45) is 5.92 Å². The molecule has 0 bridgehead atoms. The summed E-state index contributed by atoms with van der Waals surface area (Å²) in [4.78, 5) is 4.74. The normalized spacial score (nSPS) is 20.9. The van der Waals surface area contributed by atoms with Crippen LogP contribution in [0.5, 0.6) is 0 Å². The summed E-state index contributed by atoms with van der Waals surface area (Å²) in [5.41, 5.74) is 0. The molecule has 3 nitrogen and oxygen atoms in total. The Kier molecular flexibility index (Phi) is 5.79. The van der Waals surface area contributed by atoms with Crippen molar-refractivity contribution in [2.45, 2.75) is 38.6 Å². The average molecular weight is 223 g/mol. The molecule has 1 rings (SSSR count). The Labute approximate surface area is 100 Å². The highest BCUT2D eigenvalue weighted by molar-refractivity contribution is 4.83. The van der Waals surface area contributed by atoms with Crippen LogP contribution in [-0.2, 0) is 0 Å². The van der Waals surface area contributed by atoms with Crippen LogP contribution in [0.15, 0.2) is 0 Å². The number of nitrogens with zero attached hydrogens (tertiary/aromatic N) is 3. The van der Waals surface area contributed by atoms with Gasteiger partial charge in [-0.3, -0.25) is 4.90 Å². The third kappa shape index (κ3) is 4.51. The van der Waals surface area contributed by atoms with Gasteiger partial charge in [0.25, 0.3) is 0 Å². The first-order valence-electron chi connectivity index (χ1n) is 6.39. The lowest BCUT2D eigenvalue weighted by Crippen LogP contribution is -2.40. The molecule has 0 radical (unpaired) electrons. The van der Waals surface area contributed by atoms with E-state index in [1.54, 1.807) is 0 Å². The van der Waals surface area contributed by atoms with Gasteiger partial charge in [0, 0.05) is 6.04 Å². The lowest BCUT2D eigenvalue weighted by Gasteiger charge is -2.35. The van der Waals surface area contributed by atoms with Gasteiger partial charge >= 0.3 is 0 Å². The van der Waals surface area contributed by atoms with Crippen LogP contribution in [0.25, 0.3) is 0 Å². The van der Waals surface area contributed by atoms with Crippen LogP contribution < -0.4 is 0 Å². The molecule has 0 aromatic heterocycles. The van der Waals surface area contributed by atoms with E-state index in [1.807, 2.05) is 0 Å². The second-order valence-corrected chi connectivity index (χ2v) is 5.28. The maximum absolute atomic E-state index is 8.68. The summed E-state index contributed by atoms with van der Waals surface area (Å²) >= 11 is 0. The van der Waals surface area contributed by atoms with Crippen molar-refractivity contribution in [3.05, 3.63) is 0 Å². The zero-order valence-corrected chi connectivity index (χ0v) is 10.9. The van der Waals surface area contributed by atoms with E-state index in [9.17, 15) is 0 Å². The fraction of sp³-hybridized carbons (Fsp3) is 0.923. The predicted molar refractivity (Wildman–Crippen MR) is 67.2 cm³/mol. The van der Waals surface area contributed by atoms with Gasteiger partial charge in [-0.15, -0.1) is 0 Å². The van der Waals surface area contributed by atoms with Crippen LogP contribution in [0.1, 0.15) is 32.6 Å². The third-order valence-corrected chi connectivity index (χ3v) is 3.64. The Morgan fingerprint density at radius 1 is 1.38 bits per heavy atom. The van der Waals surface area contributed by atoms with E-state index < -0.39 is 0 Å². The molecule has 1 fully saturated rings. The van der Waals surface area contributed by atoms with Crippen LogP contribution in [0.4, 0.5) is 0 Å². The molecule has 1 heterocycles. The topological polar surface area (TPSA) is 30.3 Å². The van der Waals surface area contributed by atoms with E-state index in [2.05, 4.69) is 36.9 Å².